The molecule has 0 radical (unpaired) electrons. The van der Waals surface area contributed by atoms with Crippen molar-refractivity contribution in [3.05, 3.63) is 23.0 Å². The van der Waals surface area contributed by atoms with Gasteiger partial charge in [-0.15, -0.1) is 0 Å². The van der Waals surface area contributed by atoms with Gasteiger partial charge in [-0.05, 0) is 51.0 Å². The predicted molar refractivity (Wildman–Crippen MR) is 87.7 cm³/mol. The van der Waals surface area contributed by atoms with Crippen molar-refractivity contribution < 1.29 is 4.74 Å². The lowest BCUT2D eigenvalue weighted by Gasteiger charge is -2.40. The van der Waals surface area contributed by atoms with E-state index in [4.69, 9.17) is 10.5 Å². The van der Waals surface area contributed by atoms with Gasteiger partial charge in [0.15, 0.2) is 0 Å². The van der Waals surface area contributed by atoms with Crippen molar-refractivity contribution >= 4 is 0 Å². The molecule has 0 aromatic carbocycles. The van der Waals surface area contributed by atoms with Crippen LogP contribution in [-0.4, -0.2) is 18.6 Å². The van der Waals surface area contributed by atoms with Crippen LogP contribution >= 0.6 is 0 Å². The van der Waals surface area contributed by atoms with Gasteiger partial charge in [0.2, 0.25) is 0 Å². The molecule has 1 aliphatic carbocycles. The Bertz CT molecular complexity index is 486. The molecular weight excluding hydrogens is 260 g/mol. The van der Waals surface area contributed by atoms with Gasteiger partial charge in [-0.1, -0.05) is 26.2 Å². The topological polar surface area (TPSA) is 48.1 Å². The van der Waals surface area contributed by atoms with E-state index in [1.54, 1.807) is 7.11 Å². The van der Waals surface area contributed by atoms with Crippen LogP contribution in [0.15, 0.2) is 6.20 Å². The Morgan fingerprint density at radius 3 is 2.81 bits per heavy atom. The molecule has 2 rings (SSSR count). The maximum atomic E-state index is 6.19. The van der Waals surface area contributed by atoms with E-state index in [1.807, 2.05) is 6.20 Å². The van der Waals surface area contributed by atoms with Crippen molar-refractivity contribution in [1.82, 2.24) is 4.98 Å². The smallest absolute Gasteiger partial charge is 0.128 e. The highest BCUT2D eigenvalue weighted by atomic mass is 16.5. The first-order valence-corrected chi connectivity index (χ1v) is 8.24. The maximum Gasteiger partial charge on any atom is 0.128 e. The Hall–Kier alpha value is -1.09. The zero-order valence-electron chi connectivity index (χ0n) is 14.0. The first-order chi connectivity index (χ1) is 10.0. The number of aromatic nitrogens is 1. The number of pyridine rings is 1. The number of rotatable bonds is 5. The molecule has 2 unspecified atom stereocenters. The van der Waals surface area contributed by atoms with Gasteiger partial charge in [-0.2, -0.15) is 0 Å². The molecule has 118 valence electrons. The average Bonchev–Trinajstić information content (AvgIpc) is 2.51. The molecular formula is C18H30N2O. The minimum atomic E-state index is 0.233. The van der Waals surface area contributed by atoms with Gasteiger partial charge in [0, 0.05) is 23.0 Å². The molecule has 3 nitrogen and oxygen atoms in total. The van der Waals surface area contributed by atoms with E-state index in [2.05, 4.69) is 25.8 Å². The van der Waals surface area contributed by atoms with Crippen LogP contribution in [0.5, 0.6) is 5.75 Å². The van der Waals surface area contributed by atoms with Crippen molar-refractivity contribution in [3.63, 3.8) is 0 Å². The summed E-state index contributed by atoms with van der Waals surface area (Å²) >= 11 is 0. The third kappa shape index (κ3) is 3.39. The van der Waals surface area contributed by atoms with E-state index in [1.165, 1.54) is 43.4 Å². The number of nitrogens with zero attached hydrogens (tertiary/aromatic N) is 1. The lowest BCUT2D eigenvalue weighted by atomic mass is 9.66. The Labute approximate surface area is 129 Å². The minimum absolute atomic E-state index is 0.233. The molecule has 1 aromatic heterocycles. The molecule has 21 heavy (non-hydrogen) atoms. The standard InChI is InChI=1S/C18H30N2O/c1-5-15-7-6-8-18(9-15,12-19)10-16-14(3)17(21-4)13(2)11-20-16/h11,15H,5-10,12,19H2,1-4H3. The normalized spacial score (nSPS) is 25.9. The highest BCUT2D eigenvalue weighted by Crippen LogP contribution is 2.43. The summed E-state index contributed by atoms with van der Waals surface area (Å²) in [6.07, 6.45) is 9.34. The van der Waals surface area contributed by atoms with Crippen LogP contribution in [0.3, 0.4) is 0 Å². The molecule has 0 spiro atoms. The van der Waals surface area contributed by atoms with Crippen molar-refractivity contribution in [2.24, 2.45) is 17.1 Å². The minimum Gasteiger partial charge on any atom is -0.496 e. The van der Waals surface area contributed by atoms with Crippen LogP contribution in [0.4, 0.5) is 0 Å². The zero-order chi connectivity index (χ0) is 15.5. The summed E-state index contributed by atoms with van der Waals surface area (Å²) in [5.74, 6) is 1.81. The first-order valence-electron chi connectivity index (χ1n) is 8.24. The van der Waals surface area contributed by atoms with Gasteiger partial charge in [0.25, 0.3) is 0 Å². The van der Waals surface area contributed by atoms with E-state index in [0.29, 0.717) is 0 Å². The summed E-state index contributed by atoms with van der Waals surface area (Å²) in [6.45, 7) is 7.24. The number of aryl methyl sites for hydroxylation is 1. The second-order valence-corrected chi connectivity index (χ2v) is 6.80. The number of nitrogens with two attached hydrogens (primary N) is 1. The maximum absolute atomic E-state index is 6.19. The highest BCUT2D eigenvalue weighted by molar-refractivity contribution is 5.41. The quantitative estimate of drug-likeness (QED) is 0.897. The fraction of sp³-hybridized carbons (Fsp3) is 0.722. The molecule has 0 aliphatic heterocycles. The molecule has 2 atom stereocenters. The SMILES string of the molecule is CCC1CCCC(CN)(Cc2ncc(C)c(OC)c2C)C1. The Morgan fingerprint density at radius 1 is 1.43 bits per heavy atom. The van der Waals surface area contributed by atoms with Crippen molar-refractivity contribution in [3.8, 4) is 5.75 Å². The van der Waals surface area contributed by atoms with Crippen molar-refractivity contribution in [2.45, 2.75) is 59.3 Å². The summed E-state index contributed by atoms with van der Waals surface area (Å²) in [5, 5.41) is 0. The molecule has 1 aromatic rings. The monoisotopic (exact) mass is 290 g/mol. The molecule has 3 heteroatoms. The van der Waals surface area contributed by atoms with E-state index in [-0.39, 0.29) is 5.41 Å². The van der Waals surface area contributed by atoms with Gasteiger partial charge in [0.05, 0.1) is 7.11 Å². The molecule has 0 bridgehead atoms. The first kappa shape index (κ1) is 16.3. The van der Waals surface area contributed by atoms with Gasteiger partial charge < -0.3 is 10.5 Å². The van der Waals surface area contributed by atoms with Gasteiger partial charge in [-0.25, -0.2) is 0 Å². The van der Waals surface area contributed by atoms with Gasteiger partial charge in [0.1, 0.15) is 5.75 Å². The zero-order valence-corrected chi connectivity index (χ0v) is 14.0. The third-order valence-electron chi connectivity index (χ3n) is 5.34. The second kappa shape index (κ2) is 6.78. The predicted octanol–water partition coefficient (Wildman–Crippen LogP) is 3.79. The fourth-order valence-corrected chi connectivity index (χ4v) is 3.95. The lowest BCUT2D eigenvalue weighted by Crippen LogP contribution is -2.38. The number of methoxy groups -OCH3 is 1. The largest absolute Gasteiger partial charge is 0.496 e. The second-order valence-electron chi connectivity index (χ2n) is 6.80. The Balaban J connectivity index is 2.26. The van der Waals surface area contributed by atoms with Crippen molar-refractivity contribution in [2.75, 3.05) is 13.7 Å². The molecule has 1 saturated carbocycles. The lowest BCUT2D eigenvalue weighted by molar-refractivity contribution is 0.141. The van der Waals surface area contributed by atoms with Gasteiger partial charge >= 0.3 is 0 Å². The Morgan fingerprint density at radius 2 is 2.19 bits per heavy atom. The molecule has 0 amide bonds. The van der Waals surface area contributed by atoms with Crippen LogP contribution in [0.1, 0.15) is 55.8 Å². The molecule has 1 aliphatic rings. The highest BCUT2D eigenvalue weighted by Gasteiger charge is 2.35. The van der Waals surface area contributed by atoms with Crippen LogP contribution in [0, 0.1) is 25.2 Å². The van der Waals surface area contributed by atoms with E-state index in [0.717, 1.165) is 30.2 Å². The molecule has 0 saturated heterocycles. The third-order valence-corrected chi connectivity index (χ3v) is 5.34. The Kier molecular flexibility index (Phi) is 5.26. The van der Waals surface area contributed by atoms with E-state index < -0.39 is 0 Å². The number of hydrogen-bond donors (Lipinski definition) is 1. The summed E-state index contributed by atoms with van der Waals surface area (Å²) in [4.78, 5) is 4.69. The van der Waals surface area contributed by atoms with Crippen LogP contribution in [0.2, 0.25) is 0 Å². The van der Waals surface area contributed by atoms with Crippen LogP contribution in [-0.2, 0) is 6.42 Å². The fourth-order valence-electron chi connectivity index (χ4n) is 3.95. The summed E-state index contributed by atoms with van der Waals surface area (Å²) < 4.78 is 5.54. The van der Waals surface area contributed by atoms with Crippen LogP contribution in [0.25, 0.3) is 0 Å². The molecule has 1 heterocycles. The summed E-state index contributed by atoms with van der Waals surface area (Å²) in [6, 6.07) is 0. The molecule has 2 N–H and O–H groups in total. The molecule has 1 fully saturated rings. The van der Waals surface area contributed by atoms with E-state index >= 15 is 0 Å². The van der Waals surface area contributed by atoms with E-state index in [9.17, 15) is 0 Å². The summed E-state index contributed by atoms with van der Waals surface area (Å²) in [5.41, 5.74) is 9.89. The number of hydrogen-bond acceptors (Lipinski definition) is 3. The van der Waals surface area contributed by atoms with Crippen molar-refractivity contribution in [1.29, 1.82) is 0 Å². The number of ether oxygens (including phenoxy) is 1. The van der Waals surface area contributed by atoms with Gasteiger partial charge in [-0.3, -0.25) is 4.98 Å². The van der Waals surface area contributed by atoms with Crippen LogP contribution < -0.4 is 10.5 Å². The average molecular weight is 290 g/mol. The summed E-state index contributed by atoms with van der Waals surface area (Å²) in [7, 11) is 1.74.